The van der Waals surface area contributed by atoms with E-state index >= 15 is 0 Å². The van der Waals surface area contributed by atoms with Crippen molar-refractivity contribution in [1.82, 2.24) is 0 Å². The van der Waals surface area contributed by atoms with Gasteiger partial charge in [0.1, 0.15) is 5.75 Å². The van der Waals surface area contributed by atoms with Crippen LogP contribution in [0.4, 0.5) is 5.69 Å². The van der Waals surface area contributed by atoms with Crippen LogP contribution in [-0.2, 0) is 0 Å². The van der Waals surface area contributed by atoms with Gasteiger partial charge in [0.25, 0.3) is 0 Å². The van der Waals surface area contributed by atoms with Crippen molar-refractivity contribution in [2.24, 2.45) is 0 Å². The molecule has 0 aromatic heterocycles. The molecule has 0 unspecified atom stereocenters. The van der Waals surface area contributed by atoms with E-state index in [1.54, 1.807) is 24.3 Å². The van der Waals surface area contributed by atoms with Gasteiger partial charge in [-0.05, 0) is 29.3 Å². The summed E-state index contributed by atoms with van der Waals surface area (Å²) in [6.07, 6.45) is 0.384. The lowest BCUT2D eigenvalue weighted by atomic mass is 10.0. The van der Waals surface area contributed by atoms with Gasteiger partial charge in [-0.2, -0.15) is 0 Å². The zero-order chi connectivity index (χ0) is 14.7. The van der Waals surface area contributed by atoms with Crippen LogP contribution in [0.15, 0.2) is 36.4 Å². The van der Waals surface area contributed by atoms with Crippen LogP contribution in [0, 0.1) is 10.1 Å². The average molecular weight is 273 g/mol. The number of carbonyl (C=O) groups excluding carboxylic acids is 1. The highest BCUT2D eigenvalue weighted by Crippen LogP contribution is 2.34. The monoisotopic (exact) mass is 273 g/mol. The number of phenols is 1. The van der Waals surface area contributed by atoms with Crippen LogP contribution in [0.3, 0.4) is 0 Å². The summed E-state index contributed by atoms with van der Waals surface area (Å²) in [5.74, 6) is 0.0277. The Bertz CT molecular complexity index is 664. The molecule has 0 radical (unpaired) electrons. The molecule has 0 atom stereocenters. The van der Waals surface area contributed by atoms with Gasteiger partial charge in [0.15, 0.2) is 6.29 Å². The Kier molecular flexibility index (Phi) is 3.65. The highest BCUT2D eigenvalue weighted by Gasteiger charge is 2.19. The zero-order valence-corrected chi connectivity index (χ0v) is 10.6. The SMILES string of the molecule is COc1ccc(-c2cc(C=O)c(O)c([N+](=O)[O-])c2)cc1. The van der Waals surface area contributed by atoms with E-state index in [1.165, 1.54) is 19.2 Å². The Balaban J connectivity index is 2.58. The third-order valence-electron chi connectivity index (χ3n) is 2.87. The summed E-state index contributed by atoms with van der Waals surface area (Å²) in [5, 5.41) is 20.5. The van der Waals surface area contributed by atoms with Gasteiger partial charge in [-0.15, -0.1) is 0 Å². The van der Waals surface area contributed by atoms with E-state index in [-0.39, 0.29) is 5.56 Å². The van der Waals surface area contributed by atoms with E-state index in [1.807, 2.05) is 0 Å². The number of aromatic hydroxyl groups is 1. The molecule has 0 aliphatic carbocycles. The van der Waals surface area contributed by atoms with E-state index in [0.717, 1.165) is 0 Å². The van der Waals surface area contributed by atoms with Gasteiger partial charge in [-0.25, -0.2) is 0 Å². The molecule has 20 heavy (non-hydrogen) atoms. The molecule has 1 N–H and O–H groups in total. The number of hydrogen-bond acceptors (Lipinski definition) is 5. The molecule has 0 aliphatic rings. The molecule has 6 heteroatoms. The van der Waals surface area contributed by atoms with Crippen LogP contribution < -0.4 is 4.74 Å². The maximum atomic E-state index is 10.9. The lowest BCUT2D eigenvalue weighted by Gasteiger charge is -2.06. The number of phenolic OH excluding ortho intramolecular Hbond substituents is 1. The van der Waals surface area contributed by atoms with Gasteiger partial charge >= 0.3 is 5.69 Å². The maximum Gasteiger partial charge on any atom is 0.312 e. The summed E-state index contributed by atoms with van der Waals surface area (Å²) < 4.78 is 5.03. The number of methoxy groups -OCH3 is 1. The van der Waals surface area contributed by atoms with E-state index in [4.69, 9.17) is 4.74 Å². The number of ether oxygens (including phenoxy) is 1. The summed E-state index contributed by atoms with van der Waals surface area (Å²) in [7, 11) is 1.53. The van der Waals surface area contributed by atoms with Crippen molar-refractivity contribution in [3.8, 4) is 22.6 Å². The Labute approximate surface area is 114 Å². The van der Waals surface area contributed by atoms with Crippen molar-refractivity contribution >= 4 is 12.0 Å². The summed E-state index contributed by atoms with van der Waals surface area (Å²) >= 11 is 0. The molecule has 0 saturated carbocycles. The number of hydrogen-bond donors (Lipinski definition) is 1. The number of nitro benzene ring substituents is 1. The van der Waals surface area contributed by atoms with Crippen LogP contribution in [0.25, 0.3) is 11.1 Å². The lowest BCUT2D eigenvalue weighted by Crippen LogP contribution is -1.94. The normalized spacial score (nSPS) is 10.1. The first-order valence-electron chi connectivity index (χ1n) is 5.68. The quantitative estimate of drug-likeness (QED) is 0.525. The van der Waals surface area contributed by atoms with Crippen molar-refractivity contribution in [3.63, 3.8) is 0 Å². The molecular formula is C14H11NO5. The minimum absolute atomic E-state index is 0.120. The number of benzene rings is 2. The Morgan fingerprint density at radius 1 is 1.20 bits per heavy atom. The molecule has 0 spiro atoms. The van der Waals surface area contributed by atoms with Gasteiger partial charge in [0, 0.05) is 6.07 Å². The molecule has 0 fully saturated rings. The molecule has 2 aromatic rings. The van der Waals surface area contributed by atoms with Crippen molar-refractivity contribution < 1.29 is 19.6 Å². The third kappa shape index (κ3) is 2.44. The first-order valence-corrected chi connectivity index (χ1v) is 5.68. The Morgan fingerprint density at radius 2 is 1.85 bits per heavy atom. The van der Waals surface area contributed by atoms with Crippen LogP contribution in [0.1, 0.15) is 10.4 Å². The zero-order valence-electron chi connectivity index (χ0n) is 10.6. The molecule has 0 aliphatic heterocycles. The number of nitro groups is 1. The summed E-state index contributed by atoms with van der Waals surface area (Å²) in [6.45, 7) is 0. The Morgan fingerprint density at radius 3 is 2.35 bits per heavy atom. The first-order chi connectivity index (χ1) is 9.56. The topological polar surface area (TPSA) is 89.7 Å². The predicted molar refractivity (Wildman–Crippen MR) is 72.1 cm³/mol. The predicted octanol–water partition coefficient (Wildman–Crippen LogP) is 2.79. The van der Waals surface area contributed by atoms with Crippen LogP contribution in [0.5, 0.6) is 11.5 Å². The molecule has 0 saturated heterocycles. The fourth-order valence-corrected chi connectivity index (χ4v) is 1.82. The fourth-order valence-electron chi connectivity index (χ4n) is 1.82. The first kappa shape index (κ1) is 13.5. The molecule has 6 nitrogen and oxygen atoms in total. The second kappa shape index (κ2) is 5.40. The van der Waals surface area contributed by atoms with E-state index in [9.17, 15) is 20.0 Å². The smallest absolute Gasteiger partial charge is 0.312 e. The number of aldehydes is 1. The summed E-state index contributed by atoms with van der Waals surface area (Å²) in [5.41, 5.74) is 0.529. The van der Waals surface area contributed by atoms with Crippen molar-refractivity contribution in [2.45, 2.75) is 0 Å². The largest absolute Gasteiger partial charge is 0.502 e. The molecule has 0 bridgehead atoms. The van der Waals surface area contributed by atoms with E-state index in [0.29, 0.717) is 23.2 Å². The lowest BCUT2D eigenvalue weighted by molar-refractivity contribution is -0.385. The average Bonchev–Trinajstić information content (AvgIpc) is 2.47. The summed E-state index contributed by atoms with van der Waals surface area (Å²) in [4.78, 5) is 21.0. The number of rotatable bonds is 4. The van der Waals surface area contributed by atoms with Gasteiger partial charge < -0.3 is 9.84 Å². The van der Waals surface area contributed by atoms with Gasteiger partial charge in [0.2, 0.25) is 5.75 Å². The fraction of sp³-hybridized carbons (Fsp3) is 0.0714. The van der Waals surface area contributed by atoms with Crippen molar-refractivity contribution in [1.29, 1.82) is 0 Å². The van der Waals surface area contributed by atoms with Crippen molar-refractivity contribution in [2.75, 3.05) is 7.11 Å². The molecule has 0 heterocycles. The van der Waals surface area contributed by atoms with Gasteiger partial charge in [-0.3, -0.25) is 14.9 Å². The van der Waals surface area contributed by atoms with Gasteiger partial charge in [-0.1, -0.05) is 12.1 Å². The van der Waals surface area contributed by atoms with Gasteiger partial charge in [0.05, 0.1) is 17.6 Å². The highest BCUT2D eigenvalue weighted by molar-refractivity contribution is 5.86. The third-order valence-corrected chi connectivity index (χ3v) is 2.87. The summed E-state index contributed by atoms with van der Waals surface area (Å²) in [6, 6.07) is 9.46. The van der Waals surface area contributed by atoms with E-state index < -0.39 is 16.4 Å². The molecule has 102 valence electrons. The second-order valence-corrected chi connectivity index (χ2v) is 4.04. The Hall–Kier alpha value is -2.89. The molecule has 2 rings (SSSR count). The molecule has 0 amide bonds. The molecular weight excluding hydrogens is 262 g/mol. The van der Waals surface area contributed by atoms with Crippen LogP contribution in [-0.4, -0.2) is 23.4 Å². The van der Waals surface area contributed by atoms with E-state index in [2.05, 4.69) is 0 Å². The highest BCUT2D eigenvalue weighted by atomic mass is 16.6. The minimum atomic E-state index is -0.727. The van der Waals surface area contributed by atoms with Crippen molar-refractivity contribution in [3.05, 3.63) is 52.1 Å². The van der Waals surface area contributed by atoms with Crippen LogP contribution in [0.2, 0.25) is 0 Å². The number of nitrogens with zero attached hydrogens (tertiary/aromatic N) is 1. The second-order valence-electron chi connectivity index (χ2n) is 4.04. The maximum absolute atomic E-state index is 10.9. The van der Waals surface area contributed by atoms with Crippen LogP contribution >= 0.6 is 0 Å². The number of carbonyl (C=O) groups is 1. The molecule has 2 aromatic carbocycles. The minimum Gasteiger partial charge on any atom is -0.502 e. The standard InChI is InChI=1S/C14H11NO5/c1-20-12-4-2-9(3-5-12)10-6-11(8-16)14(17)13(7-10)15(18)19/h2-8,17H,1H3.